The molecule has 3 fully saturated rings. The molecule has 0 radical (unpaired) electrons. The van der Waals surface area contributed by atoms with E-state index in [1.807, 2.05) is 0 Å². The summed E-state index contributed by atoms with van der Waals surface area (Å²) in [6, 6.07) is 4.12. The lowest BCUT2D eigenvalue weighted by Crippen LogP contribution is -2.60. The SMILES string of the molecule is COC(=O)N1C(=O)[C@H]2[C@H](CC=C3[C@H]2C[C@@]2(Cl)C(=O)N(CBr)C(=O)[C@@]2(Cl)[C@H]3c2ccc(O)cc2Cl)C1=O. The van der Waals surface area contributed by atoms with Gasteiger partial charge in [0, 0.05) is 10.9 Å². The van der Waals surface area contributed by atoms with Crippen LogP contribution in [0.1, 0.15) is 24.3 Å². The molecule has 1 aromatic carbocycles. The Morgan fingerprint density at radius 3 is 2.47 bits per heavy atom. The number of imide groups is 4. The number of nitrogens with zero attached hydrogens (tertiary/aromatic N) is 2. The molecule has 190 valence electrons. The first-order valence-corrected chi connectivity index (χ1v) is 13.1. The predicted molar refractivity (Wildman–Crippen MR) is 131 cm³/mol. The maximum atomic E-state index is 13.6. The second kappa shape index (κ2) is 8.44. The van der Waals surface area contributed by atoms with Crippen LogP contribution < -0.4 is 0 Å². The summed E-state index contributed by atoms with van der Waals surface area (Å²) in [5, 5.41) is 9.99. The number of hydrogen-bond acceptors (Lipinski definition) is 7. The van der Waals surface area contributed by atoms with Crippen molar-refractivity contribution in [2.45, 2.75) is 28.5 Å². The van der Waals surface area contributed by atoms with Gasteiger partial charge in [0.2, 0.25) is 11.8 Å². The second-order valence-electron chi connectivity index (χ2n) is 9.17. The molecule has 1 aromatic rings. The molecule has 0 aromatic heterocycles. The van der Waals surface area contributed by atoms with Crippen LogP contribution in [0.25, 0.3) is 0 Å². The van der Waals surface area contributed by atoms with Crippen LogP contribution in [0.5, 0.6) is 5.75 Å². The molecule has 5 rings (SSSR count). The number of rotatable bonds is 2. The van der Waals surface area contributed by atoms with Crippen LogP contribution in [0.15, 0.2) is 29.8 Å². The molecule has 6 atom stereocenters. The minimum Gasteiger partial charge on any atom is -0.508 e. The van der Waals surface area contributed by atoms with Crippen molar-refractivity contribution in [3.8, 4) is 5.75 Å². The van der Waals surface area contributed by atoms with Crippen molar-refractivity contribution >= 4 is 80.5 Å². The zero-order chi connectivity index (χ0) is 26.3. The summed E-state index contributed by atoms with van der Waals surface area (Å²) >= 11 is 23.7. The van der Waals surface area contributed by atoms with Gasteiger partial charge in [-0.25, -0.2) is 4.79 Å². The number of benzene rings is 1. The Morgan fingerprint density at radius 2 is 1.86 bits per heavy atom. The first kappa shape index (κ1) is 25.5. The second-order valence-corrected chi connectivity index (χ2v) is 11.3. The van der Waals surface area contributed by atoms with Gasteiger partial charge in [-0.1, -0.05) is 45.2 Å². The Labute approximate surface area is 228 Å². The highest BCUT2D eigenvalue weighted by molar-refractivity contribution is 9.09. The first-order chi connectivity index (χ1) is 16.9. The molecule has 0 bridgehead atoms. The van der Waals surface area contributed by atoms with Crippen LogP contribution in [0.2, 0.25) is 5.02 Å². The van der Waals surface area contributed by atoms with E-state index in [1.54, 1.807) is 6.08 Å². The maximum Gasteiger partial charge on any atom is 0.423 e. The highest BCUT2D eigenvalue weighted by Crippen LogP contribution is 2.66. The molecule has 13 heteroatoms. The summed E-state index contributed by atoms with van der Waals surface area (Å²) in [6.45, 7) is 0. The number of carbonyl (C=O) groups is 5. The standard InChI is InChI=1S/C23H18BrCl3N2O7/c1-36-21(35)29-17(31)12-5-4-10-13(15(12)18(29)32)7-22(26)19(33)28(8-24)20(34)23(22,27)16(10)11-3-2-9(30)6-14(11)25/h2-4,6,12-13,15-16,30H,5,7-8H2,1H3/t12-,13+,15-,16+,22+,23-/m0/s1. The number of alkyl halides is 3. The molecule has 2 saturated heterocycles. The van der Waals surface area contributed by atoms with Gasteiger partial charge < -0.3 is 9.84 Å². The van der Waals surface area contributed by atoms with E-state index in [0.717, 1.165) is 12.0 Å². The van der Waals surface area contributed by atoms with E-state index in [2.05, 4.69) is 20.7 Å². The van der Waals surface area contributed by atoms with Crippen molar-refractivity contribution in [2.75, 3.05) is 12.6 Å². The minimum atomic E-state index is -2.01. The molecule has 2 aliphatic carbocycles. The Kier molecular flexibility index (Phi) is 5.98. The zero-order valence-electron chi connectivity index (χ0n) is 18.5. The molecule has 1 N–H and O–H groups in total. The highest BCUT2D eigenvalue weighted by atomic mass is 79.9. The van der Waals surface area contributed by atoms with Crippen molar-refractivity contribution in [3.05, 3.63) is 40.4 Å². The normalized spacial score (nSPS) is 35.4. The molecular formula is C23H18BrCl3N2O7. The molecule has 9 nitrogen and oxygen atoms in total. The smallest absolute Gasteiger partial charge is 0.423 e. The van der Waals surface area contributed by atoms with Crippen molar-refractivity contribution < 1.29 is 33.8 Å². The van der Waals surface area contributed by atoms with Crippen LogP contribution >= 0.6 is 50.7 Å². The van der Waals surface area contributed by atoms with Crippen molar-refractivity contribution in [1.29, 1.82) is 0 Å². The largest absolute Gasteiger partial charge is 0.508 e. The third-order valence-corrected chi connectivity index (χ3v) is 9.91. The van der Waals surface area contributed by atoms with E-state index in [9.17, 15) is 29.1 Å². The van der Waals surface area contributed by atoms with Gasteiger partial charge in [0.15, 0.2) is 9.75 Å². The van der Waals surface area contributed by atoms with Gasteiger partial charge in [-0.3, -0.25) is 24.1 Å². The predicted octanol–water partition coefficient (Wildman–Crippen LogP) is 3.52. The quantitative estimate of drug-likeness (QED) is 0.233. The number of fused-ring (bicyclic) bond motifs is 4. The fourth-order valence-electron chi connectivity index (χ4n) is 6.12. The van der Waals surface area contributed by atoms with Crippen molar-refractivity contribution in [3.63, 3.8) is 0 Å². The maximum absolute atomic E-state index is 13.6. The Balaban J connectivity index is 1.73. The number of allylic oxidation sites excluding steroid dienone is 2. The number of phenols is 1. The van der Waals surface area contributed by atoms with E-state index in [4.69, 9.17) is 34.8 Å². The van der Waals surface area contributed by atoms with Crippen LogP contribution in [0, 0.1) is 17.8 Å². The van der Waals surface area contributed by atoms with Crippen LogP contribution in [0.3, 0.4) is 0 Å². The summed E-state index contributed by atoms with van der Waals surface area (Å²) in [6.07, 6.45) is 0.479. The van der Waals surface area contributed by atoms with Crippen molar-refractivity contribution in [1.82, 2.24) is 9.80 Å². The van der Waals surface area contributed by atoms with Gasteiger partial charge in [0.25, 0.3) is 11.8 Å². The average molecular weight is 621 g/mol. The molecule has 4 aliphatic rings. The zero-order valence-corrected chi connectivity index (χ0v) is 22.4. The molecule has 36 heavy (non-hydrogen) atoms. The number of aromatic hydroxyl groups is 1. The van der Waals surface area contributed by atoms with Gasteiger partial charge >= 0.3 is 6.09 Å². The molecule has 0 unspecified atom stereocenters. The van der Waals surface area contributed by atoms with Gasteiger partial charge in [0.05, 0.1) is 24.4 Å². The van der Waals surface area contributed by atoms with Gasteiger partial charge in [-0.15, -0.1) is 23.2 Å². The van der Waals surface area contributed by atoms with Crippen LogP contribution in [0.4, 0.5) is 4.79 Å². The third kappa shape index (κ3) is 3.04. The van der Waals surface area contributed by atoms with E-state index in [0.29, 0.717) is 16.0 Å². The molecule has 5 amide bonds. The van der Waals surface area contributed by atoms with E-state index < -0.39 is 63.1 Å². The van der Waals surface area contributed by atoms with Gasteiger partial charge in [-0.2, -0.15) is 4.90 Å². The molecule has 1 saturated carbocycles. The summed E-state index contributed by atoms with van der Waals surface area (Å²) in [7, 11) is 1.06. The lowest BCUT2D eigenvalue weighted by atomic mass is 9.56. The number of hydrogen-bond donors (Lipinski definition) is 1. The fraction of sp³-hybridized carbons (Fsp3) is 0.435. The monoisotopic (exact) mass is 618 g/mol. The Morgan fingerprint density at radius 1 is 1.17 bits per heavy atom. The number of amides is 5. The van der Waals surface area contributed by atoms with E-state index in [-0.39, 0.29) is 29.1 Å². The Hall–Kier alpha value is -2.14. The summed E-state index contributed by atoms with van der Waals surface area (Å²) < 4.78 is 4.63. The lowest BCUT2D eigenvalue weighted by Gasteiger charge is -2.50. The summed E-state index contributed by atoms with van der Waals surface area (Å²) in [5.41, 5.74) is 0.677. The van der Waals surface area contributed by atoms with Crippen LogP contribution in [-0.2, 0) is 23.9 Å². The minimum absolute atomic E-state index is 0.0743. The van der Waals surface area contributed by atoms with E-state index >= 15 is 0 Å². The number of phenolic OH excluding ortho intramolecular Hbond substituents is 1. The lowest BCUT2D eigenvalue weighted by molar-refractivity contribution is -0.140. The number of likely N-dealkylation sites (tertiary alicyclic amines) is 2. The number of halogens is 4. The topological polar surface area (TPSA) is 121 Å². The Bertz CT molecular complexity index is 1290. The van der Waals surface area contributed by atoms with Crippen molar-refractivity contribution in [2.24, 2.45) is 17.8 Å². The number of carbonyl (C=O) groups excluding carboxylic acids is 5. The number of ether oxygens (including phenoxy) is 1. The van der Waals surface area contributed by atoms with Gasteiger partial charge in [0.1, 0.15) is 5.75 Å². The first-order valence-electron chi connectivity index (χ1n) is 10.9. The molecule has 0 spiro atoms. The highest BCUT2D eigenvalue weighted by Gasteiger charge is 2.76. The summed E-state index contributed by atoms with van der Waals surface area (Å²) in [4.78, 5) is 63.1. The number of methoxy groups -OCH3 is 1. The van der Waals surface area contributed by atoms with Gasteiger partial charge in [-0.05, 0) is 36.5 Å². The molecular weight excluding hydrogens is 603 g/mol. The third-order valence-electron chi connectivity index (χ3n) is 7.67. The average Bonchev–Trinajstić information content (AvgIpc) is 3.17. The molecule has 2 heterocycles. The molecule has 2 aliphatic heterocycles. The van der Waals surface area contributed by atoms with Crippen LogP contribution in [-0.4, -0.2) is 66.9 Å². The summed E-state index contributed by atoms with van der Waals surface area (Å²) in [5.74, 6) is -6.84. The fourth-order valence-corrected chi connectivity index (χ4v) is 7.82. The van der Waals surface area contributed by atoms with E-state index in [1.165, 1.54) is 18.2 Å².